The molecule has 0 spiro atoms. The fourth-order valence-electron chi connectivity index (χ4n) is 2.36. The van der Waals surface area contributed by atoms with Gasteiger partial charge in [-0.2, -0.15) is 4.31 Å². The molecular weight excluding hydrogens is 292 g/mol. The Morgan fingerprint density at radius 1 is 1.33 bits per heavy atom. The average molecular weight is 312 g/mol. The van der Waals surface area contributed by atoms with Gasteiger partial charge in [0.1, 0.15) is 5.75 Å². The Labute approximate surface area is 125 Å². The molecule has 1 saturated heterocycles. The molecule has 1 aromatic carbocycles. The lowest BCUT2D eigenvalue weighted by atomic mass is 10.2. The molecule has 2 rings (SSSR count). The van der Waals surface area contributed by atoms with Crippen LogP contribution in [0.4, 0.5) is 0 Å². The normalized spacial score (nSPS) is 15.9. The number of nitrogens with zero attached hydrogens (tertiary/aromatic N) is 1. The first-order chi connectivity index (χ1) is 10.0. The summed E-state index contributed by atoms with van der Waals surface area (Å²) >= 11 is 0. The van der Waals surface area contributed by atoms with Crippen molar-refractivity contribution in [2.75, 3.05) is 26.7 Å². The number of nitrogens with one attached hydrogen (secondary N) is 1. The summed E-state index contributed by atoms with van der Waals surface area (Å²) in [5, 5.41) is 2.66. The van der Waals surface area contributed by atoms with Crippen LogP contribution in [0.2, 0.25) is 0 Å². The Balaban J connectivity index is 2.41. The van der Waals surface area contributed by atoms with Gasteiger partial charge in [0, 0.05) is 19.6 Å². The van der Waals surface area contributed by atoms with Crippen LogP contribution in [0.15, 0.2) is 23.1 Å². The molecular formula is C14H20N2O4S. The number of hydrogen-bond acceptors (Lipinski definition) is 4. The highest BCUT2D eigenvalue weighted by molar-refractivity contribution is 7.89. The number of carbonyl (C=O) groups is 1. The van der Waals surface area contributed by atoms with E-state index in [1.165, 1.54) is 29.6 Å². The van der Waals surface area contributed by atoms with Crippen LogP contribution in [0.1, 0.15) is 30.1 Å². The van der Waals surface area contributed by atoms with E-state index in [4.69, 9.17) is 4.74 Å². The van der Waals surface area contributed by atoms with Gasteiger partial charge in [0.2, 0.25) is 10.0 Å². The van der Waals surface area contributed by atoms with E-state index in [0.29, 0.717) is 25.4 Å². The van der Waals surface area contributed by atoms with Crippen LogP contribution in [0.25, 0.3) is 0 Å². The molecule has 1 aromatic rings. The second-order valence-electron chi connectivity index (χ2n) is 4.83. The van der Waals surface area contributed by atoms with E-state index in [0.717, 1.165) is 12.8 Å². The minimum absolute atomic E-state index is 0.131. The maximum absolute atomic E-state index is 12.5. The number of hydrogen-bond donors (Lipinski definition) is 1. The van der Waals surface area contributed by atoms with Crippen LogP contribution >= 0.6 is 0 Å². The third kappa shape index (κ3) is 3.19. The van der Waals surface area contributed by atoms with Crippen molar-refractivity contribution in [2.45, 2.75) is 24.7 Å². The molecule has 0 aromatic heterocycles. The first-order valence-electron chi connectivity index (χ1n) is 6.97. The van der Waals surface area contributed by atoms with E-state index in [1.807, 2.05) is 0 Å². The predicted octanol–water partition coefficient (Wildman–Crippen LogP) is 1.23. The largest absolute Gasteiger partial charge is 0.496 e. The molecule has 0 radical (unpaired) electrons. The molecule has 116 valence electrons. The van der Waals surface area contributed by atoms with Crippen molar-refractivity contribution < 1.29 is 17.9 Å². The van der Waals surface area contributed by atoms with E-state index in [9.17, 15) is 13.2 Å². The molecule has 0 saturated carbocycles. The first kappa shape index (κ1) is 15.8. The number of benzene rings is 1. The molecule has 0 unspecified atom stereocenters. The zero-order chi connectivity index (χ0) is 15.5. The highest BCUT2D eigenvalue weighted by Crippen LogP contribution is 2.26. The summed E-state index contributed by atoms with van der Waals surface area (Å²) in [6, 6.07) is 4.39. The molecule has 0 bridgehead atoms. The molecule has 1 aliphatic heterocycles. The second-order valence-corrected chi connectivity index (χ2v) is 6.77. The SMILES string of the molecule is CCNC(=O)c1cc(S(=O)(=O)N2CCCC2)ccc1OC. The maximum Gasteiger partial charge on any atom is 0.255 e. The summed E-state index contributed by atoms with van der Waals surface area (Å²) in [6.07, 6.45) is 1.75. The highest BCUT2D eigenvalue weighted by atomic mass is 32.2. The van der Waals surface area contributed by atoms with Crippen molar-refractivity contribution in [3.05, 3.63) is 23.8 Å². The molecule has 0 aliphatic carbocycles. The minimum atomic E-state index is -3.54. The van der Waals surface area contributed by atoms with Gasteiger partial charge in [0.25, 0.3) is 5.91 Å². The van der Waals surface area contributed by atoms with E-state index < -0.39 is 10.0 Å². The van der Waals surface area contributed by atoms with Crippen molar-refractivity contribution >= 4 is 15.9 Å². The van der Waals surface area contributed by atoms with Gasteiger partial charge < -0.3 is 10.1 Å². The fourth-order valence-corrected chi connectivity index (χ4v) is 3.90. The Bertz CT molecular complexity index is 622. The van der Waals surface area contributed by atoms with Crippen molar-refractivity contribution in [2.24, 2.45) is 0 Å². The van der Waals surface area contributed by atoms with Crippen LogP contribution in [0.5, 0.6) is 5.75 Å². The Kier molecular flexibility index (Phi) is 4.84. The summed E-state index contributed by atoms with van der Waals surface area (Å²) in [5.74, 6) is 0.0224. The molecule has 6 nitrogen and oxygen atoms in total. The van der Waals surface area contributed by atoms with Crippen LogP contribution in [0, 0.1) is 0 Å². The summed E-state index contributed by atoms with van der Waals surface area (Å²) in [6.45, 7) is 3.33. The predicted molar refractivity (Wildman–Crippen MR) is 79.0 cm³/mol. The summed E-state index contributed by atoms with van der Waals surface area (Å²) in [5.41, 5.74) is 0.236. The number of amides is 1. The molecule has 7 heteroatoms. The van der Waals surface area contributed by atoms with E-state index in [1.54, 1.807) is 6.92 Å². The standard InChI is InChI=1S/C14H20N2O4S/c1-3-15-14(17)12-10-11(6-7-13(12)20-2)21(18,19)16-8-4-5-9-16/h6-7,10H,3-5,8-9H2,1-2H3,(H,15,17). The zero-order valence-corrected chi connectivity index (χ0v) is 13.1. The van der Waals surface area contributed by atoms with Gasteiger partial charge in [0.15, 0.2) is 0 Å². The third-order valence-electron chi connectivity index (χ3n) is 3.46. The Hall–Kier alpha value is -1.60. The van der Waals surface area contributed by atoms with Gasteiger partial charge in [0.05, 0.1) is 17.6 Å². The number of ether oxygens (including phenoxy) is 1. The van der Waals surface area contributed by atoms with Gasteiger partial charge in [-0.15, -0.1) is 0 Å². The van der Waals surface area contributed by atoms with Crippen molar-refractivity contribution in [1.82, 2.24) is 9.62 Å². The lowest BCUT2D eigenvalue weighted by Crippen LogP contribution is -2.28. The number of methoxy groups -OCH3 is 1. The Morgan fingerprint density at radius 2 is 2.00 bits per heavy atom. The van der Waals surface area contributed by atoms with Gasteiger partial charge in [-0.25, -0.2) is 8.42 Å². The fraction of sp³-hybridized carbons (Fsp3) is 0.500. The minimum Gasteiger partial charge on any atom is -0.496 e. The molecule has 1 fully saturated rings. The molecule has 21 heavy (non-hydrogen) atoms. The smallest absolute Gasteiger partial charge is 0.255 e. The zero-order valence-electron chi connectivity index (χ0n) is 12.3. The molecule has 1 aliphatic rings. The van der Waals surface area contributed by atoms with Crippen molar-refractivity contribution in [3.8, 4) is 5.75 Å². The van der Waals surface area contributed by atoms with Crippen LogP contribution in [-0.4, -0.2) is 45.4 Å². The lowest BCUT2D eigenvalue weighted by molar-refractivity contribution is 0.0952. The van der Waals surface area contributed by atoms with E-state index >= 15 is 0 Å². The number of sulfonamides is 1. The highest BCUT2D eigenvalue weighted by Gasteiger charge is 2.28. The second kappa shape index (κ2) is 6.44. The molecule has 0 atom stereocenters. The molecule has 1 heterocycles. The number of rotatable bonds is 5. The van der Waals surface area contributed by atoms with E-state index in [2.05, 4.69) is 5.32 Å². The van der Waals surface area contributed by atoms with Gasteiger partial charge in [-0.05, 0) is 38.0 Å². The topological polar surface area (TPSA) is 75.7 Å². The summed E-state index contributed by atoms with van der Waals surface area (Å²) in [4.78, 5) is 12.2. The average Bonchev–Trinajstić information content (AvgIpc) is 3.01. The van der Waals surface area contributed by atoms with Crippen LogP contribution in [0.3, 0.4) is 0 Å². The number of carbonyl (C=O) groups excluding carboxylic acids is 1. The molecule has 1 amide bonds. The Morgan fingerprint density at radius 3 is 2.57 bits per heavy atom. The summed E-state index contributed by atoms with van der Waals surface area (Å²) < 4.78 is 31.6. The van der Waals surface area contributed by atoms with Gasteiger partial charge in [-0.1, -0.05) is 0 Å². The van der Waals surface area contributed by atoms with Crippen LogP contribution in [-0.2, 0) is 10.0 Å². The van der Waals surface area contributed by atoms with Crippen LogP contribution < -0.4 is 10.1 Å². The van der Waals surface area contributed by atoms with Crippen molar-refractivity contribution in [3.63, 3.8) is 0 Å². The first-order valence-corrected chi connectivity index (χ1v) is 8.41. The van der Waals surface area contributed by atoms with Gasteiger partial charge >= 0.3 is 0 Å². The monoisotopic (exact) mass is 312 g/mol. The summed E-state index contributed by atoms with van der Waals surface area (Å²) in [7, 11) is -2.09. The van der Waals surface area contributed by atoms with Gasteiger partial charge in [-0.3, -0.25) is 4.79 Å². The third-order valence-corrected chi connectivity index (χ3v) is 5.35. The lowest BCUT2D eigenvalue weighted by Gasteiger charge is -2.17. The van der Waals surface area contributed by atoms with E-state index in [-0.39, 0.29) is 16.4 Å². The van der Waals surface area contributed by atoms with Crippen molar-refractivity contribution in [1.29, 1.82) is 0 Å². The molecule has 1 N–H and O–H groups in total. The maximum atomic E-state index is 12.5. The quantitative estimate of drug-likeness (QED) is 0.887.